The van der Waals surface area contributed by atoms with Gasteiger partial charge in [0, 0.05) is 30.9 Å². The third kappa shape index (κ3) is 4.45. The molecule has 2 aromatic carbocycles. The number of rotatable bonds is 5. The quantitative estimate of drug-likeness (QED) is 0.711. The number of benzene rings is 2. The van der Waals surface area contributed by atoms with Crippen molar-refractivity contribution in [1.82, 2.24) is 4.90 Å². The van der Waals surface area contributed by atoms with Crippen molar-refractivity contribution in [3.8, 4) is 11.1 Å². The van der Waals surface area contributed by atoms with Crippen molar-refractivity contribution < 1.29 is 9.53 Å². The number of anilines is 1. The van der Waals surface area contributed by atoms with Crippen LogP contribution in [0.2, 0.25) is 0 Å². The Hall–Kier alpha value is -2.47. The largest absolute Gasteiger partial charge is 0.379 e. The Morgan fingerprint density at radius 1 is 1.04 bits per heavy atom. The van der Waals surface area contributed by atoms with Crippen molar-refractivity contribution in [2.24, 2.45) is 0 Å². The highest BCUT2D eigenvalue weighted by molar-refractivity contribution is 7.12. The van der Waals surface area contributed by atoms with Crippen molar-refractivity contribution >= 4 is 22.9 Å². The number of ether oxygens (including phenoxy) is 1. The summed E-state index contributed by atoms with van der Waals surface area (Å²) in [4.78, 5) is 16.0. The average Bonchev–Trinajstić information content (AvgIpc) is 3.20. The van der Waals surface area contributed by atoms with E-state index in [-0.39, 0.29) is 5.91 Å². The summed E-state index contributed by atoms with van der Waals surface area (Å²) >= 11 is 1.47. The summed E-state index contributed by atoms with van der Waals surface area (Å²) in [7, 11) is 0. The van der Waals surface area contributed by atoms with Crippen LogP contribution in [-0.4, -0.2) is 37.1 Å². The zero-order valence-electron chi connectivity index (χ0n) is 15.1. The predicted molar refractivity (Wildman–Crippen MR) is 110 cm³/mol. The summed E-state index contributed by atoms with van der Waals surface area (Å²) in [6.07, 6.45) is 0. The summed E-state index contributed by atoms with van der Waals surface area (Å²) < 4.78 is 5.41. The van der Waals surface area contributed by atoms with E-state index in [1.54, 1.807) is 0 Å². The van der Waals surface area contributed by atoms with E-state index < -0.39 is 0 Å². The normalized spacial score (nSPS) is 14.8. The Labute approximate surface area is 163 Å². The van der Waals surface area contributed by atoms with E-state index in [4.69, 9.17) is 4.74 Å². The topological polar surface area (TPSA) is 41.6 Å². The molecule has 0 aliphatic carbocycles. The molecule has 1 aliphatic heterocycles. The highest BCUT2D eigenvalue weighted by Gasteiger charge is 2.15. The molecule has 138 valence electrons. The van der Waals surface area contributed by atoms with Crippen molar-refractivity contribution in [2.45, 2.75) is 6.54 Å². The maximum absolute atomic E-state index is 12.8. The number of carbonyl (C=O) groups is 1. The lowest BCUT2D eigenvalue weighted by molar-refractivity contribution is 0.0342. The van der Waals surface area contributed by atoms with Gasteiger partial charge in [0.2, 0.25) is 0 Å². The Morgan fingerprint density at radius 2 is 1.85 bits per heavy atom. The Kier molecular flexibility index (Phi) is 5.63. The number of nitrogens with one attached hydrogen (secondary N) is 1. The van der Waals surface area contributed by atoms with Crippen molar-refractivity contribution in [3.05, 3.63) is 76.5 Å². The van der Waals surface area contributed by atoms with Crippen LogP contribution in [-0.2, 0) is 11.3 Å². The second-order valence-electron chi connectivity index (χ2n) is 6.57. The van der Waals surface area contributed by atoms with Crippen molar-refractivity contribution in [3.63, 3.8) is 0 Å². The molecule has 1 fully saturated rings. The molecule has 1 aromatic heterocycles. The number of nitrogens with zero attached hydrogens (tertiary/aromatic N) is 1. The van der Waals surface area contributed by atoms with Crippen LogP contribution in [0.4, 0.5) is 5.69 Å². The van der Waals surface area contributed by atoms with E-state index in [0.717, 1.165) is 54.5 Å². The molecular formula is C22H22N2O2S. The zero-order chi connectivity index (χ0) is 18.5. The molecule has 1 amide bonds. The molecular weight excluding hydrogens is 356 g/mol. The van der Waals surface area contributed by atoms with Crippen LogP contribution in [0, 0.1) is 0 Å². The third-order valence-corrected chi connectivity index (χ3v) is 5.56. The van der Waals surface area contributed by atoms with Gasteiger partial charge in [-0.1, -0.05) is 42.5 Å². The van der Waals surface area contributed by atoms with Gasteiger partial charge in [0.05, 0.1) is 18.1 Å². The lowest BCUT2D eigenvalue weighted by Gasteiger charge is -2.26. The van der Waals surface area contributed by atoms with Crippen LogP contribution < -0.4 is 5.32 Å². The van der Waals surface area contributed by atoms with Gasteiger partial charge in [-0.2, -0.15) is 0 Å². The Bertz CT molecular complexity index is 901. The number of hydrogen-bond donors (Lipinski definition) is 1. The zero-order valence-corrected chi connectivity index (χ0v) is 15.9. The second-order valence-corrected chi connectivity index (χ2v) is 7.49. The molecule has 0 radical (unpaired) electrons. The number of thiophene rings is 1. The van der Waals surface area contributed by atoms with Crippen LogP contribution in [0.25, 0.3) is 11.1 Å². The fraction of sp³-hybridized carbons (Fsp3) is 0.227. The van der Waals surface area contributed by atoms with Gasteiger partial charge < -0.3 is 10.1 Å². The molecule has 0 unspecified atom stereocenters. The summed E-state index contributed by atoms with van der Waals surface area (Å²) in [6, 6.07) is 20.1. The van der Waals surface area contributed by atoms with E-state index in [9.17, 15) is 4.79 Å². The second kappa shape index (κ2) is 8.48. The summed E-state index contributed by atoms with van der Waals surface area (Å²) in [5.41, 5.74) is 4.06. The standard InChI is InChI=1S/C22H22N2O2S/c25-22(21-20(9-14-27-21)18-6-2-1-3-7-18)23-19-8-4-5-17(15-19)16-24-10-12-26-13-11-24/h1-9,14-15H,10-13,16H2,(H,23,25). The van der Waals surface area contributed by atoms with Gasteiger partial charge in [0.1, 0.15) is 0 Å². The molecule has 0 atom stereocenters. The van der Waals surface area contributed by atoms with Crippen LogP contribution in [0.3, 0.4) is 0 Å². The van der Waals surface area contributed by atoms with E-state index in [0.29, 0.717) is 0 Å². The number of amides is 1. The average molecular weight is 378 g/mol. The van der Waals surface area contributed by atoms with Crippen molar-refractivity contribution in [1.29, 1.82) is 0 Å². The van der Waals surface area contributed by atoms with Gasteiger partial charge in [-0.3, -0.25) is 9.69 Å². The van der Waals surface area contributed by atoms with Gasteiger partial charge in [-0.25, -0.2) is 0 Å². The van der Waals surface area contributed by atoms with E-state index in [1.165, 1.54) is 16.9 Å². The van der Waals surface area contributed by atoms with E-state index in [2.05, 4.69) is 22.3 Å². The van der Waals surface area contributed by atoms with Gasteiger partial charge in [-0.15, -0.1) is 11.3 Å². The number of morpholine rings is 1. The fourth-order valence-electron chi connectivity index (χ4n) is 3.28. The minimum absolute atomic E-state index is 0.0626. The monoisotopic (exact) mass is 378 g/mol. The summed E-state index contributed by atoms with van der Waals surface area (Å²) in [5, 5.41) is 5.02. The molecule has 3 aromatic rings. The first-order valence-corrected chi connectivity index (χ1v) is 10.0. The van der Waals surface area contributed by atoms with Gasteiger partial charge in [0.25, 0.3) is 5.91 Å². The van der Waals surface area contributed by atoms with Crippen LogP contribution >= 0.6 is 11.3 Å². The predicted octanol–water partition coefficient (Wildman–Crippen LogP) is 4.50. The SMILES string of the molecule is O=C(Nc1cccc(CN2CCOCC2)c1)c1sccc1-c1ccccc1. The van der Waals surface area contributed by atoms with Gasteiger partial charge in [0.15, 0.2) is 0 Å². The summed E-state index contributed by atoms with van der Waals surface area (Å²) in [6.45, 7) is 4.36. The number of hydrogen-bond acceptors (Lipinski definition) is 4. The molecule has 1 N–H and O–H groups in total. The molecule has 4 rings (SSSR count). The minimum atomic E-state index is -0.0626. The lowest BCUT2D eigenvalue weighted by atomic mass is 10.1. The van der Waals surface area contributed by atoms with Crippen molar-refractivity contribution in [2.75, 3.05) is 31.6 Å². The van der Waals surface area contributed by atoms with Gasteiger partial charge >= 0.3 is 0 Å². The van der Waals surface area contributed by atoms with E-state index in [1.807, 2.05) is 53.9 Å². The highest BCUT2D eigenvalue weighted by atomic mass is 32.1. The first kappa shape index (κ1) is 17.9. The molecule has 0 saturated carbocycles. The molecule has 0 bridgehead atoms. The van der Waals surface area contributed by atoms with Gasteiger partial charge in [-0.05, 0) is 34.7 Å². The molecule has 4 nitrogen and oxygen atoms in total. The highest BCUT2D eigenvalue weighted by Crippen LogP contribution is 2.29. The third-order valence-electron chi connectivity index (χ3n) is 4.65. The van der Waals surface area contributed by atoms with E-state index >= 15 is 0 Å². The smallest absolute Gasteiger partial charge is 0.266 e. The molecule has 2 heterocycles. The maximum Gasteiger partial charge on any atom is 0.266 e. The fourth-order valence-corrected chi connectivity index (χ4v) is 4.09. The minimum Gasteiger partial charge on any atom is -0.379 e. The van der Waals surface area contributed by atoms with Crippen LogP contribution in [0.1, 0.15) is 15.2 Å². The molecule has 5 heteroatoms. The maximum atomic E-state index is 12.8. The molecule has 0 spiro atoms. The first-order chi connectivity index (χ1) is 13.3. The summed E-state index contributed by atoms with van der Waals surface area (Å²) in [5.74, 6) is -0.0626. The number of carbonyl (C=O) groups excluding carboxylic acids is 1. The first-order valence-electron chi connectivity index (χ1n) is 9.13. The Morgan fingerprint density at radius 3 is 2.67 bits per heavy atom. The Balaban J connectivity index is 1.47. The van der Waals surface area contributed by atoms with Crippen LogP contribution in [0.5, 0.6) is 0 Å². The molecule has 27 heavy (non-hydrogen) atoms. The molecule has 1 aliphatic rings. The molecule has 1 saturated heterocycles. The lowest BCUT2D eigenvalue weighted by Crippen LogP contribution is -2.35. The van der Waals surface area contributed by atoms with Crippen LogP contribution in [0.15, 0.2) is 66.0 Å².